The second kappa shape index (κ2) is 21.0. The highest BCUT2D eigenvalue weighted by Crippen LogP contribution is 2.42. The molecule has 0 saturated carbocycles. The first kappa shape index (κ1) is 47.7. The Morgan fingerprint density at radius 2 is 1.77 bits per heavy atom. The Labute approximate surface area is 340 Å². The lowest BCUT2D eigenvalue weighted by Crippen LogP contribution is -2.59. The number of fused-ring (bicyclic) bond motifs is 2. The van der Waals surface area contributed by atoms with E-state index >= 15 is 0 Å². The lowest BCUT2D eigenvalue weighted by Gasteiger charge is -2.49. The van der Waals surface area contributed by atoms with Crippen molar-refractivity contribution in [3.63, 3.8) is 0 Å². The number of methoxy groups -OCH3 is 1. The highest BCUT2D eigenvalue weighted by Gasteiger charge is 2.52. The topological polar surface area (TPSA) is 183 Å². The lowest BCUT2D eigenvalue weighted by molar-refractivity contribution is -0.343. The van der Waals surface area contributed by atoms with E-state index in [1.54, 1.807) is 32.9 Å². The second-order valence-corrected chi connectivity index (χ2v) is 17.3. The molecule has 0 aromatic carbocycles. The van der Waals surface area contributed by atoms with Gasteiger partial charge in [-0.2, -0.15) is 0 Å². The van der Waals surface area contributed by atoms with Crippen molar-refractivity contribution in [2.45, 2.75) is 186 Å². The molecule has 3 fully saturated rings. The molecule has 2 bridgehead atoms. The first-order chi connectivity index (χ1) is 26.8. The quantitative estimate of drug-likeness (QED) is 0.139. The number of rotatable bonds is 11. The number of unbranched alkanes of at least 4 members (excludes halogenated alkanes) is 2. The highest BCUT2D eigenvalue weighted by molar-refractivity contribution is 5.82. The van der Waals surface area contributed by atoms with Crippen LogP contribution in [0.1, 0.15) is 107 Å². The fraction of sp³-hybridized carbons (Fsp3) is 0.795. The Hall–Kier alpha value is -2.01. The first-order valence-corrected chi connectivity index (χ1v) is 21.0. The molecular formula is C44H72O13. The van der Waals surface area contributed by atoms with E-state index in [0.29, 0.717) is 12.0 Å². The molecule has 0 aromatic rings. The van der Waals surface area contributed by atoms with E-state index in [-0.39, 0.29) is 37.6 Å². The van der Waals surface area contributed by atoms with Gasteiger partial charge in [0.1, 0.15) is 30.7 Å². The zero-order valence-electron chi connectivity index (χ0n) is 35.8. The van der Waals surface area contributed by atoms with Crippen LogP contribution in [0.5, 0.6) is 0 Å². The third-order valence-corrected chi connectivity index (χ3v) is 12.8. The molecule has 5 N–H and O–H groups in total. The van der Waals surface area contributed by atoms with Gasteiger partial charge in [0.25, 0.3) is 0 Å². The molecule has 0 amide bonds. The summed E-state index contributed by atoms with van der Waals surface area (Å²) >= 11 is 0. The van der Waals surface area contributed by atoms with Gasteiger partial charge < -0.3 is 58.7 Å². The van der Waals surface area contributed by atoms with E-state index in [1.165, 1.54) is 13.2 Å². The molecule has 4 aliphatic rings. The third kappa shape index (κ3) is 12.1. The van der Waals surface area contributed by atoms with E-state index in [4.69, 9.17) is 33.2 Å². The average molecular weight is 809 g/mol. The molecule has 0 aromatic heterocycles. The van der Waals surface area contributed by atoms with Crippen molar-refractivity contribution in [1.82, 2.24) is 0 Å². The van der Waals surface area contributed by atoms with E-state index in [9.17, 15) is 30.3 Å². The Bertz CT molecular complexity index is 1400. The van der Waals surface area contributed by atoms with Gasteiger partial charge in [0.05, 0.1) is 42.7 Å². The van der Waals surface area contributed by atoms with Crippen molar-refractivity contribution in [1.29, 1.82) is 0 Å². The van der Waals surface area contributed by atoms with Crippen molar-refractivity contribution in [2.24, 2.45) is 23.7 Å². The minimum atomic E-state index is -1.84. The fourth-order valence-corrected chi connectivity index (χ4v) is 8.73. The van der Waals surface area contributed by atoms with E-state index in [2.05, 4.69) is 6.92 Å². The molecule has 0 spiro atoms. The molecule has 0 radical (unpaired) electrons. The Morgan fingerprint density at radius 3 is 2.44 bits per heavy atom. The summed E-state index contributed by atoms with van der Waals surface area (Å²) in [6, 6.07) is 0. The number of carbonyl (C=O) groups excluding carboxylic acids is 1. The minimum Gasteiger partial charge on any atom is -0.456 e. The van der Waals surface area contributed by atoms with Gasteiger partial charge in [-0.05, 0) is 53.5 Å². The Morgan fingerprint density at radius 1 is 1.05 bits per heavy atom. The summed E-state index contributed by atoms with van der Waals surface area (Å²) in [7, 11) is 1.50. The molecule has 57 heavy (non-hydrogen) atoms. The zero-order valence-corrected chi connectivity index (χ0v) is 35.8. The summed E-state index contributed by atoms with van der Waals surface area (Å²) in [6.45, 7) is 16.7. The number of aliphatic hydroxyl groups is 5. The number of aliphatic hydroxyl groups excluding tert-OH is 4. The summed E-state index contributed by atoms with van der Waals surface area (Å²) in [6.07, 6.45) is 6.16. The molecule has 4 rings (SSSR count). The number of hydrogen-bond donors (Lipinski definition) is 5. The molecule has 13 heteroatoms. The number of ether oxygens (including phenoxy) is 7. The van der Waals surface area contributed by atoms with Gasteiger partial charge in [0.15, 0.2) is 12.1 Å². The van der Waals surface area contributed by atoms with Gasteiger partial charge in [-0.25, -0.2) is 4.79 Å². The summed E-state index contributed by atoms with van der Waals surface area (Å²) in [5, 5.41) is 56.5. The van der Waals surface area contributed by atoms with Gasteiger partial charge in [-0.1, -0.05) is 82.4 Å². The van der Waals surface area contributed by atoms with Crippen molar-refractivity contribution in [3.05, 3.63) is 47.6 Å². The maximum atomic E-state index is 13.5. The normalized spacial score (nSPS) is 43.7. The van der Waals surface area contributed by atoms with Crippen LogP contribution < -0.4 is 0 Å². The number of carbonyl (C=O) groups is 1. The Kier molecular flexibility index (Phi) is 17.6. The number of hydrogen-bond acceptors (Lipinski definition) is 13. The van der Waals surface area contributed by atoms with Crippen molar-refractivity contribution >= 4 is 5.97 Å². The first-order valence-electron chi connectivity index (χ1n) is 21.0. The van der Waals surface area contributed by atoms with Crippen LogP contribution in [0.4, 0.5) is 0 Å². The smallest absolute Gasteiger partial charge is 0.331 e. The van der Waals surface area contributed by atoms with Crippen LogP contribution in [-0.4, -0.2) is 124 Å². The molecule has 326 valence electrons. The second-order valence-electron chi connectivity index (χ2n) is 17.3. The summed E-state index contributed by atoms with van der Waals surface area (Å²) in [5.41, 5.74) is 0.589. The molecule has 4 aliphatic heterocycles. The molecule has 13 nitrogen and oxygen atoms in total. The van der Waals surface area contributed by atoms with Crippen molar-refractivity contribution < 1.29 is 63.5 Å². The van der Waals surface area contributed by atoms with Crippen LogP contribution in [0.15, 0.2) is 47.6 Å². The number of esters is 1. The molecule has 17 atom stereocenters. The van der Waals surface area contributed by atoms with Crippen molar-refractivity contribution in [3.8, 4) is 0 Å². The molecule has 0 unspecified atom stereocenters. The van der Waals surface area contributed by atoms with Crippen LogP contribution >= 0.6 is 0 Å². The molecule has 4 heterocycles. The Balaban J connectivity index is 1.61. The van der Waals surface area contributed by atoms with Crippen LogP contribution in [0, 0.1) is 23.7 Å². The van der Waals surface area contributed by atoms with Gasteiger partial charge in [0, 0.05) is 49.7 Å². The largest absolute Gasteiger partial charge is 0.456 e. The number of cyclic esters (lactones) is 1. The van der Waals surface area contributed by atoms with Crippen LogP contribution in [-0.2, 0) is 38.0 Å². The highest BCUT2D eigenvalue weighted by atomic mass is 16.7. The van der Waals surface area contributed by atoms with E-state index in [1.807, 2.05) is 52.8 Å². The monoisotopic (exact) mass is 808 g/mol. The zero-order chi connectivity index (χ0) is 42.2. The molecule has 0 aliphatic carbocycles. The van der Waals surface area contributed by atoms with Crippen molar-refractivity contribution in [2.75, 3.05) is 13.9 Å². The standard InChI is InChI=1S/C44H72O13/c1-11-12-13-16-34-32-20-25(2)15-14-17-35(51-10)41(56-37(46)19-18-26(3)22-43(9,42(32)49)53-24-52-34)28(5)39(47)29(6)44(50)23-36(27(4)30(7)57-44)55-38-21-33(45)40(48)31(8)54-38/h14-15,17-19,22,27-36,38-42,45,47-50H,11-13,16,20-21,23-24H2,1-10H3/b17-14+,19-18+,25-15+,26-22?/t27-,28+,29+,30-,31-,32+,33-,34+,35+,36-,38+,39-,40-,41-,42+,43+,44-/m1/s1. The summed E-state index contributed by atoms with van der Waals surface area (Å²) in [5.74, 6) is -4.60. The molecular weight excluding hydrogens is 736 g/mol. The van der Waals surface area contributed by atoms with E-state index < -0.39 is 90.4 Å². The van der Waals surface area contributed by atoms with Gasteiger partial charge in [-0.3, -0.25) is 0 Å². The van der Waals surface area contributed by atoms with Crippen LogP contribution in [0.25, 0.3) is 0 Å². The predicted molar refractivity (Wildman–Crippen MR) is 213 cm³/mol. The SMILES string of the molecule is CCCCC[C@@H]1OCO[C@@]2(C)C=C(C)/C=C/C(=O)O[C@H]([C@@H](C)[C@@H](O)[C@H](C)[C@@]3(O)C[C@@H](O[C@H]4C[C@@H](O)[C@H](O)[C@@H](C)O4)[C@H](C)[C@@H](C)O3)[C@@H](OC)/C=C/C=C(\C)C[C@@H]1[C@@H]2O. The van der Waals surface area contributed by atoms with Gasteiger partial charge in [0.2, 0.25) is 0 Å². The number of allylic oxidation sites excluding steroid dienone is 5. The minimum absolute atomic E-state index is 0.00431. The van der Waals surface area contributed by atoms with Crippen LogP contribution in [0.2, 0.25) is 0 Å². The fourth-order valence-electron chi connectivity index (χ4n) is 8.73. The van der Waals surface area contributed by atoms with Gasteiger partial charge >= 0.3 is 5.97 Å². The van der Waals surface area contributed by atoms with Crippen LogP contribution in [0.3, 0.4) is 0 Å². The summed E-state index contributed by atoms with van der Waals surface area (Å²) < 4.78 is 42.7. The molecule has 3 saturated heterocycles. The van der Waals surface area contributed by atoms with Gasteiger partial charge in [-0.15, -0.1) is 0 Å². The maximum absolute atomic E-state index is 13.5. The third-order valence-electron chi connectivity index (χ3n) is 12.8. The summed E-state index contributed by atoms with van der Waals surface area (Å²) in [4.78, 5) is 13.5. The predicted octanol–water partition coefficient (Wildman–Crippen LogP) is 5.02. The average Bonchev–Trinajstić information content (AvgIpc) is 3.26. The van der Waals surface area contributed by atoms with E-state index in [0.717, 1.165) is 31.3 Å². The maximum Gasteiger partial charge on any atom is 0.331 e. The lowest BCUT2D eigenvalue weighted by atomic mass is 9.77.